The summed E-state index contributed by atoms with van der Waals surface area (Å²) >= 11 is 5.04. The van der Waals surface area contributed by atoms with Crippen LogP contribution in [0.3, 0.4) is 0 Å². The van der Waals surface area contributed by atoms with Gasteiger partial charge in [-0.25, -0.2) is 4.39 Å². The van der Waals surface area contributed by atoms with E-state index in [-0.39, 0.29) is 22.1 Å². The first kappa shape index (κ1) is 27.6. The Morgan fingerprint density at radius 3 is 2.38 bits per heavy atom. The van der Waals surface area contributed by atoms with E-state index in [9.17, 15) is 22.4 Å². The number of alkyl halides is 3. The fourth-order valence-corrected chi connectivity index (χ4v) is 4.00. The zero-order chi connectivity index (χ0) is 28.2. The number of carbonyl (C=O) groups is 1. The van der Waals surface area contributed by atoms with Gasteiger partial charge in [0.1, 0.15) is 17.3 Å². The highest BCUT2D eigenvalue weighted by Gasteiger charge is 2.33. The molecule has 0 unspecified atom stereocenters. The standard InChI is InChI=1S/C27H21F4N3O4S/c1-36-23-13-17-21(14-24(23)37-2)32-10-9-22(17)38-16-7-8-20(19(28)12-16)33-26(39)34-25(35)11-15-5-3-4-6-18(15)27(29,30)31/h3-10,12-14H,11H2,1-2H3,(H2,33,34,35,39). The summed E-state index contributed by atoms with van der Waals surface area (Å²) in [6.07, 6.45) is -3.64. The van der Waals surface area contributed by atoms with Crippen LogP contribution in [0, 0.1) is 5.82 Å². The number of hydrogen-bond donors (Lipinski definition) is 2. The third-order valence-corrected chi connectivity index (χ3v) is 5.75. The fourth-order valence-electron chi connectivity index (χ4n) is 3.77. The molecule has 1 amide bonds. The van der Waals surface area contributed by atoms with Crippen molar-refractivity contribution in [1.82, 2.24) is 10.3 Å². The number of nitrogens with zero attached hydrogens (tertiary/aromatic N) is 1. The van der Waals surface area contributed by atoms with Crippen LogP contribution in [0.1, 0.15) is 11.1 Å². The van der Waals surface area contributed by atoms with Crippen LogP contribution in [0.2, 0.25) is 0 Å². The van der Waals surface area contributed by atoms with E-state index >= 15 is 0 Å². The van der Waals surface area contributed by atoms with E-state index in [1.54, 1.807) is 18.2 Å². The normalized spacial score (nSPS) is 11.1. The number of anilines is 1. The van der Waals surface area contributed by atoms with Gasteiger partial charge in [0, 0.05) is 23.7 Å². The number of hydrogen-bond acceptors (Lipinski definition) is 6. The number of pyridine rings is 1. The van der Waals surface area contributed by atoms with Gasteiger partial charge < -0.3 is 24.8 Å². The molecular formula is C27H21F4N3O4S. The van der Waals surface area contributed by atoms with Gasteiger partial charge in [0.2, 0.25) is 5.91 Å². The molecule has 0 atom stereocenters. The third kappa shape index (κ3) is 6.52. The van der Waals surface area contributed by atoms with Crippen molar-refractivity contribution < 1.29 is 36.6 Å². The summed E-state index contributed by atoms with van der Waals surface area (Å²) in [7, 11) is 3.00. The molecule has 1 heterocycles. The SMILES string of the molecule is COc1cc2nccc(Oc3ccc(NC(=S)NC(=O)Cc4ccccc4C(F)(F)F)c(F)c3)c2cc1OC. The van der Waals surface area contributed by atoms with E-state index in [2.05, 4.69) is 15.6 Å². The number of nitrogens with one attached hydrogen (secondary N) is 2. The first-order valence-electron chi connectivity index (χ1n) is 11.3. The Labute approximate surface area is 225 Å². The van der Waals surface area contributed by atoms with Crippen molar-refractivity contribution in [2.75, 3.05) is 19.5 Å². The Morgan fingerprint density at radius 2 is 1.69 bits per heavy atom. The number of benzene rings is 3. The quantitative estimate of drug-likeness (QED) is 0.204. The molecule has 2 N–H and O–H groups in total. The Hall–Kier alpha value is -4.45. The maximum Gasteiger partial charge on any atom is 0.416 e. The predicted octanol–water partition coefficient (Wildman–Crippen LogP) is 6.26. The van der Waals surface area contributed by atoms with Crippen molar-refractivity contribution in [2.24, 2.45) is 0 Å². The molecular weight excluding hydrogens is 538 g/mol. The Kier molecular flexibility index (Phi) is 8.15. The van der Waals surface area contributed by atoms with E-state index in [0.717, 1.165) is 12.1 Å². The largest absolute Gasteiger partial charge is 0.493 e. The van der Waals surface area contributed by atoms with Crippen molar-refractivity contribution in [3.8, 4) is 23.0 Å². The molecule has 0 radical (unpaired) electrons. The van der Waals surface area contributed by atoms with Crippen LogP contribution in [-0.4, -0.2) is 30.2 Å². The van der Waals surface area contributed by atoms with Crippen molar-refractivity contribution >= 4 is 39.8 Å². The minimum absolute atomic E-state index is 0.0747. The molecule has 7 nitrogen and oxygen atoms in total. The van der Waals surface area contributed by atoms with Crippen molar-refractivity contribution in [2.45, 2.75) is 12.6 Å². The highest BCUT2D eigenvalue weighted by molar-refractivity contribution is 7.80. The van der Waals surface area contributed by atoms with Gasteiger partial charge in [-0.2, -0.15) is 13.2 Å². The molecule has 0 aliphatic rings. The summed E-state index contributed by atoms with van der Waals surface area (Å²) < 4.78 is 70.8. The van der Waals surface area contributed by atoms with Crippen LogP contribution in [0.15, 0.2) is 66.9 Å². The lowest BCUT2D eigenvalue weighted by atomic mass is 10.0. The van der Waals surface area contributed by atoms with Crippen molar-refractivity contribution in [3.05, 3.63) is 83.8 Å². The molecule has 1 aromatic heterocycles. The number of fused-ring (bicyclic) bond motifs is 1. The smallest absolute Gasteiger partial charge is 0.416 e. The first-order chi connectivity index (χ1) is 18.6. The summed E-state index contributed by atoms with van der Waals surface area (Å²) in [6.45, 7) is 0. The Balaban J connectivity index is 1.44. The molecule has 202 valence electrons. The maximum absolute atomic E-state index is 14.8. The monoisotopic (exact) mass is 559 g/mol. The van der Waals surface area contributed by atoms with Crippen LogP contribution in [0.25, 0.3) is 10.9 Å². The molecule has 0 spiro atoms. The van der Waals surface area contributed by atoms with E-state index in [1.807, 2.05) is 0 Å². The zero-order valence-corrected chi connectivity index (χ0v) is 21.4. The summed E-state index contributed by atoms with van der Waals surface area (Å²) in [6, 6.07) is 13.6. The molecule has 3 aromatic carbocycles. The van der Waals surface area contributed by atoms with E-state index < -0.39 is 29.9 Å². The average molecular weight is 560 g/mol. The molecule has 39 heavy (non-hydrogen) atoms. The second-order valence-electron chi connectivity index (χ2n) is 8.11. The fraction of sp³-hybridized carbons (Fsp3) is 0.148. The molecule has 12 heteroatoms. The van der Waals surface area contributed by atoms with Crippen LogP contribution < -0.4 is 24.8 Å². The summed E-state index contributed by atoms with van der Waals surface area (Å²) in [5.41, 5.74) is -0.630. The van der Waals surface area contributed by atoms with Gasteiger partial charge in [0.15, 0.2) is 16.6 Å². The minimum Gasteiger partial charge on any atom is -0.493 e. The number of ether oxygens (including phenoxy) is 3. The van der Waals surface area contributed by atoms with Gasteiger partial charge in [-0.1, -0.05) is 18.2 Å². The average Bonchev–Trinajstić information content (AvgIpc) is 2.89. The number of aromatic nitrogens is 1. The predicted molar refractivity (Wildman–Crippen MR) is 141 cm³/mol. The number of carbonyl (C=O) groups excluding carboxylic acids is 1. The van der Waals surface area contributed by atoms with Crippen LogP contribution >= 0.6 is 12.2 Å². The van der Waals surface area contributed by atoms with E-state index in [0.29, 0.717) is 28.2 Å². The van der Waals surface area contributed by atoms with Gasteiger partial charge in [0.25, 0.3) is 0 Å². The Bertz CT molecular complexity index is 1550. The molecule has 4 rings (SSSR count). The molecule has 0 saturated carbocycles. The summed E-state index contributed by atoms with van der Waals surface area (Å²) in [5, 5.41) is 5.12. The van der Waals surface area contributed by atoms with Crippen molar-refractivity contribution in [1.29, 1.82) is 0 Å². The van der Waals surface area contributed by atoms with E-state index in [4.69, 9.17) is 26.4 Å². The number of methoxy groups -OCH3 is 2. The zero-order valence-electron chi connectivity index (χ0n) is 20.6. The molecule has 0 fully saturated rings. The maximum atomic E-state index is 14.8. The van der Waals surface area contributed by atoms with Gasteiger partial charge in [-0.05, 0) is 48.1 Å². The minimum atomic E-state index is -4.61. The lowest BCUT2D eigenvalue weighted by Gasteiger charge is -2.14. The topological polar surface area (TPSA) is 81.7 Å². The molecule has 0 saturated heterocycles. The van der Waals surface area contributed by atoms with Crippen LogP contribution in [-0.2, 0) is 17.4 Å². The Morgan fingerprint density at radius 1 is 0.974 bits per heavy atom. The highest BCUT2D eigenvalue weighted by atomic mass is 32.1. The van der Waals surface area contributed by atoms with Gasteiger partial charge in [-0.3, -0.25) is 9.78 Å². The van der Waals surface area contributed by atoms with Crippen molar-refractivity contribution in [3.63, 3.8) is 0 Å². The van der Waals surface area contributed by atoms with E-state index in [1.165, 1.54) is 50.7 Å². The van der Waals surface area contributed by atoms with Gasteiger partial charge >= 0.3 is 6.18 Å². The molecule has 0 bridgehead atoms. The summed E-state index contributed by atoms with van der Waals surface area (Å²) in [5.74, 6) is -0.0258. The van der Waals surface area contributed by atoms with Crippen LogP contribution in [0.5, 0.6) is 23.0 Å². The number of halogens is 4. The number of thiocarbonyl (C=S) groups is 1. The number of amides is 1. The second kappa shape index (κ2) is 11.5. The molecule has 0 aliphatic carbocycles. The highest BCUT2D eigenvalue weighted by Crippen LogP contribution is 2.37. The lowest BCUT2D eigenvalue weighted by molar-refractivity contribution is -0.138. The first-order valence-corrected chi connectivity index (χ1v) is 11.7. The number of rotatable bonds is 7. The molecule has 0 aliphatic heterocycles. The third-order valence-electron chi connectivity index (χ3n) is 5.55. The van der Waals surface area contributed by atoms with Crippen LogP contribution in [0.4, 0.5) is 23.2 Å². The van der Waals surface area contributed by atoms with Gasteiger partial charge in [-0.15, -0.1) is 0 Å². The van der Waals surface area contributed by atoms with Gasteiger partial charge in [0.05, 0.1) is 37.4 Å². The molecule has 4 aromatic rings. The second-order valence-corrected chi connectivity index (χ2v) is 8.52. The summed E-state index contributed by atoms with van der Waals surface area (Å²) in [4.78, 5) is 16.6. The lowest BCUT2D eigenvalue weighted by Crippen LogP contribution is -2.35.